The maximum Gasteiger partial charge on any atom is 0.397 e. The van der Waals surface area contributed by atoms with E-state index in [-0.39, 0.29) is 0 Å². The van der Waals surface area contributed by atoms with Crippen LogP contribution in [0.3, 0.4) is 0 Å². The van der Waals surface area contributed by atoms with Gasteiger partial charge < -0.3 is 4.74 Å². The van der Waals surface area contributed by atoms with Crippen molar-refractivity contribution in [3.8, 4) is 45.3 Å². The lowest BCUT2D eigenvalue weighted by molar-refractivity contribution is -0.995. The summed E-state index contributed by atoms with van der Waals surface area (Å²) in [4.78, 5) is 4.39. The van der Waals surface area contributed by atoms with Crippen molar-refractivity contribution in [1.82, 2.24) is 14.2 Å². The molecule has 1 unspecified atom stereocenters. The SMILES string of the molecule is Cc1cc(-c2cccnc2)cc(C)c1-c1c(C)n2[n+](c1C)C13c4c(cccc4-2)Oc2ccc4c5ccccc5n(c4c21)-c1cccc[n+]13. The van der Waals surface area contributed by atoms with Crippen LogP contribution in [0, 0.1) is 27.7 Å². The molecule has 0 aliphatic carbocycles. The Kier molecular flexibility index (Phi) is 4.71. The van der Waals surface area contributed by atoms with E-state index in [0.717, 1.165) is 28.6 Å². The summed E-state index contributed by atoms with van der Waals surface area (Å²) in [5.41, 5.74) is 15.0. The molecule has 7 heterocycles. The molecule has 1 spiro atoms. The Labute approximate surface area is 277 Å². The van der Waals surface area contributed by atoms with Crippen molar-refractivity contribution < 1.29 is 14.0 Å². The van der Waals surface area contributed by atoms with Gasteiger partial charge in [0.15, 0.2) is 11.1 Å². The highest BCUT2D eigenvalue weighted by Gasteiger charge is 2.70. The number of nitrogens with zero attached hydrogens (tertiary/aromatic N) is 5. The first-order chi connectivity index (χ1) is 23.5. The summed E-state index contributed by atoms with van der Waals surface area (Å²) in [6, 6.07) is 35.0. The molecule has 0 saturated heterocycles. The maximum absolute atomic E-state index is 6.87. The molecule has 6 heteroatoms. The Balaban J connectivity index is 1.30. The Morgan fingerprint density at radius 3 is 2.35 bits per heavy atom. The fourth-order valence-corrected chi connectivity index (χ4v) is 9.39. The van der Waals surface area contributed by atoms with E-state index in [1.54, 1.807) is 0 Å². The number of benzene rings is 4. The van der Waals surface area contributed by atoms with Crippen LogP contribution >= 0.6 is 0 Å². The van der Waals surface area contributed by atoms with Crippen molar-refractivity contribution >= 4 is 21.8 Å². The van der Waals surface area contributed by atoms with Crippen LogP contribution in [-0.4, -0.2) is 14.2 Å². The van der Waals surface area contributed by atoms with E-state index in [4.69, 9.17) is 4.74 Å². The molecular formula is C42H31N5O+2. The number of aromatic nitrogens is 5. The zero-order valence-corrected chi connectivity index (χ0v) is 27.1. The number of hydrogen-bond acceptors (Lipinski definition) is 2. The second-order valence-electron chi connectivity index (χ2n) is 13.4. The average Bonchev–Trinajstić information content (AvgIpc) is 3.71. The largest absolute Gasteiger partial charge is 0.456 e. The van der Waals surface area contributed by atoms with Crippen LogP contribution in [0.4, 0.5) is 0 Å². The van der Waals surface area contributed by atoms with Gasteiger partial charge >= 0.3 is 5.66 Å². The van der Waals surface area contributed by atoms with Crippen molar-refractivity contribution in [2.75, 3.05) is 0 Å². The van der Waals surface area contributed by atoms with E-state index in [9.17, 15) is 0 Å². The minimum Gasteiger partial charge on any atom is -0.456 e. The molecule has 8 aromatic rings. The lowest BCUT2D eigenvalue weighted by Crippen LogP contribution is -2.77. The van der Waals surface area contributed by atoms with Crippen molar-refractivity contribution in [2.24, 2.45) is 0 Å². The van der Waals surface area contributed by atoms with Gasteiger partial charge in [0.25, 0.3) is 5.82 Å². The van der Waals surface area contributed by atoms with Gasteiger partial charge in [-0.05, 0) is 91.6 Å². The lowest BCUT2D eigenvalue weighted by atomic mass is 9.83. The van der Waals surface area contributed by atoms with Gasteiger partial charge in [0.1, 0.15) is 28.3 Å². The molecule has 48 heavy (non-hydrogen) atoms. The molecule has 0 fully saturated rings. The summed E-state index contributed by atoms with van der Waals surface area (Å²) < 4.78 is 16.8. The third kappa shape index (κ3) is 2.81. The van der Waals surface area contributed by atoms with E-state index < -0.39 is 5.66 Å². The summed E-state index contributed by atoms with van der Waals surface area (Å²) in [6.45, 7) is 9.07. The molecule has 4 aromatic carbocycles. The Morgan fingerprint density at radius 2 is 1.52 bits per heavy atom. The van der Waals surface area contributed by atoms with E-state index >= 15 is 0 Å². The minimum atomic E-state index is -0.704. The molecule has 0 bridgehead atoms. The van der Waals surface area contributed by atoms with Gasteiger partial charge in [-0.15, -0.1) is 4.68 Å². The number of aryl methyl sites for hydroxylation is 2. The molecule has 0 saturated carbocycles. The van der Waals surface area contributed by atoms with Gasteiger partial charge in [-0.3, -0.25) is 4.98 Å². The quantitative estimate of drug-likeness (QED) is 0.183. The fraction of sp³-hybridized carbons (Fsp3) is 0.119. The van der Waals surface area contributed by atoms with Crippen LogP contribution in [0.25, 0.3) is 55.6 Å². The van der Waals surface area contributed by atoms with Gasteiger partial charge in [-0.2, -0.15) is 9.13 Å². The standard InChI is InChI=1S/C42H31N5O/c1-24-21-29(28-11-10-19-43-23-28)22-25(2)37(24)38-26(3)46-33-14-9-15-34-39(33)42(47(46)27(38)4)40-35(48-34)18-17-31-30-12-5-6-13-32(30)45(41(31)40)36-16-7-8-20-44(36)42/h5-23H,1-4H3/q+2. The second kappa shape index (κ2) is 8.66. The van der Waals surface area contributed by atoms with Crippen LogP contribution in [0.15, 0.2) is 116 Å². The van der Waals surface area contributed by atoms with Crippen molar-refractivity contribution in [2.45, 2.75) is 33.4 Å². The zero-order valence-electron chi connectivity index (χ0n) is 27.1. The molecule has 6 nitrogen and oxygen atoms in total. The molecule has 0 amide bonds. The molecule has 0 radical (unpaired) electrons. The summed E-state index contributed by atoms with van der Waals surface area (Å²) in [5, 5.41) is 2.48. The first kappa shape index (κ1) is 26.1. The summed E-state index contributed by atoms with van der Waals surface area (Å²) in [6.07, 6.45) is 6.03. The summed E-state index contributed by atoms with van der Waals surface area (Å²) >= 11 is 0. The first-order valence-electron chi connectivity index (χ1n) is 16.6. The molecule has 1 atom stereocenters. The monoisotopic (exact) mass is 621 g/mol. The molecule has 0 N–H and O–H groups in total. The molecular weight excluding hydrogens is 590 g/mol. The van der Waals surface area contributed by atoms with Crippen molar-refractivity contribution in [3.05, 3.63) is 149 Å². The molecule has 3 aliphatic heterocycles. The normalized spacial score (nSPS) is 16.2. The number of pyridine rings is 2. The Morgan fingerprint density at radius 1 is 0.708 bits per heavy atom. The van der Waals surface area contributed by atoms with Crippen molar-refractivity contribution in [3.63, 3.8) is 0 Å². The van der Waals surface area contributed by atoms with Gasteiger partial charge in [0.05, 0.1) is 17.5 Å². The van der Waals surface area contributed by atoms with Gasteiger partial charge in [-0.1, -0.05) is 47.1 Å². The maximum atomic E-state index is 6.87. The highest BCUT2D eigenvalue weighted by atomic mass is 16.5. The third-order valence-corrected chi connectivity index (χ3v) is 11.0. The topological polar surface area (TPSA) is 39.7 Å². The summed E-state index contributed by atoms with van der Waals surface area (Å²) in [5.74, 6) is 2.92. The second-order valence-corrected chi connectivity index (χ2v) is 13.4. The Bertz CT molecular complexity index is 2730. The van der Waals surface area contributed by atoms with E-state index in [0.29, 0.717) is 0 Å². The molecule has 11 rings (SSSR count). The van der Waals surface area contributed by atoms with Gasteiger partial charge in [-0.25, -0.2) is 0 Å². The van der Waals surface area contributed by atoms with Crippen LogP contribution < -0.4 is 14.0 Å². The van der Waals surface area contributed by atoms with Crippen molar-refractivity contribution in [1.29, 1.82) is 0 Å². The molecule has 4 aromatic heterocycles. The number of rotatable bonds is 2. The Hall–Kier alpha value is -6.01. The van der Waals surface area contributed by atoms with E-state index in [2.05, 4.69) is 148 Å². The smallest absolute Gasteiger partial charge is 0.397 e. The number of hydrogen-bond donors (Lipinski definition) is 0. The fourth-order valence-electron chi connectivity index (χ4n) is 9.39. The minimum absolute atomic E-state index is 0.704. The third-order valence-electron chi connectivity index (χ3n) is 11.0. The van der Waals surface area contributed by atoms with E-state index in [1.807, 2.05) is 18.5 Å². The van der Waals surface area contributed by atoms with Crippen LogP contribution in [-0.2, 0) is 5.66 Å². The highest BCUT2D eigenvalue weighted by molar-refractivity contribution is 6.11. The first-order valence-corrected chi connectivity index (χ1v) is 16.6. The van der Waals surface area contributed by atoms with Gasteiger partial charge in [0.2, 0.25) is 5.69 Å². The van der Waals surface area contributed by atoms with Crippen LogP contribution in [0.2, 0.25) is 0 Å². The zero-order chi connectivity index (χ0) is 32.1. The molecule has 228 valence electrons. The lowest BCUT2D eigenvalue weighted by Gasteiger charge is -2.33. The van der Waals surface area contributed by atoms with Crippen LogP contribution in [0.1, 0.15) is 33.6 Å². The van der Waals surface area contributed by atoms with Gasteiger partial charge in [0, 0.05) is 41.7 Å². The highest BCUT2D eigenvalue weighted by Crippen LogP contribution is 2.56. The summed E-state index contributed by atoms with van der Waals surface area (Å²) in [7, 11) is 0. The predicted octanol–water partition coefficient (Wildman–Crippen LogP) is 8.14. The average molecular weight is 622 g/mol. The number of para-hydroxylation sites is 1. The predicted molar refractivity (Wildman–Crippen MR) is 186 cm³/mol. The van der Waals surface area contributed by atoms with E-state index in [1.165, 1.54) is 72.1 Å². The molecule has 3 aliphatic rings. The number of ether oxygens (including phenoxy) is 1. The van der Waals surface area contributed by atoms with Crippen LogP contribution in [0.5, 0.6) is 11.5 Å². The number of fused-ring (bicyclic) bond motifs is 7.